The zero-order valence-electron chi connectivity index (χ0n) is 40.4. The summed E-state index contributed by atoms with van der Waals surface area (Å²) in [6.07, 6.45) is 5.65. The van der Waals surface area contributed by atoms with E-state index in [9.17, 15) is 0 Å². The van der Waals surface area contributed by atoms with Crippen LogP contribution in [-0.4, -0.2) is 23.3 Å². The first-order valence-corrected chi connectivity index (χ1v) is 24.9. The zero-order chi connectivity index (χ0) is 48.9. The Labute approximate surface area is 446 Å². The predicted molar refractivity (Wildman–Crippen MR) is 299 cm³/mol. The van der Waals surface area contributed by atoms with Crippen molar-refractivity contribution in [3.05, 3.63) is 255 Å². The molecule has 0 aliphatic heterocycles. The molecule has 7 nitrogen and oxygen atoms in total. The molecule has 0 amide bonds. The third-order valence-corrected chi connectivity index (χ3v) is 14.6. The Morgan fingerprint density at radius 1 is 0.453 bits per heavy atom. The minimum atomic E-state index is 0. The molecular weight excluding hydrogens is 1100 g/mol. The van der Waals surface area contributed by atoms with Crippen LogP contribution in [0.5, 0.6) is 11.5 Å². The smallest absolute Gasteiger partial charge is 0.268 e. The first kappa shape index (κ1) is 44.4. The second-order valence-electron chi connectivity index (χ2n) is 18.7. The van der Waals surface area contributed by atoms with Crippen LogP contribution < -0.4 is 9.30 Å². The maximum atomic E-state index is 6.89. The van der Waals surface area contributed by atoms with Crippen LogP contribution in [0, 0.1) is 18.5 Å². The second-order valence-corrected chi connectivity index (χ2v) is 18.7. The summed E-state index contributed by atoms with van der Waals surface area (Å²) in [4.78, 5) is 5.05. The Kier molecular flexibility index (Phi) is 10.5. The van der Waals surface area contributed by atoms with E-state index in [1.807, 2.05) is 30.5 Å². The Morgan fingerprint density at radius 3 is 1.76 bits per heavy atom. The molecule has 75 heavy (non-hydrogen) atoms. The molecule has 0 unspecified atom stereocenters. The standard InChI is InChI=1S/C67H42N6O.Pt/c1-69-55-33-13-11-29-52(55)61-62-53-30-12-14-34-56(53)72(46-25-9-4-10-26-46)66(62)67-63(65(61)69)54-39-38-49(42-59(54)73(67)60-37-17-18-40-68-60)74-48-28-19-27-47(41-48)70-43-71(58-36-16-15-35-57(58)70)64-50(44-21-5-2-6-22-44)31-20-32-51(64)45-23-7-3-8-24-45;/h2-40H,1H3;/q-2;. The molecule has 0 radical (unpaired) electrons. The van der Waals surface area contributed by atoms with Crippen molar-refractivity contribution >= 4 is 76.5 Å². The van der Waals surface area contributed by atoms with Crippen LogP contribution in [0.2, 0.25) is 0 Å². The zero-order valence-corrected chi connectivity index (χ0v) is 42.7. The van der Waals surface area contributed by atoms with E-state index < -0.39 is 0 Å². The van der Waals surface area contributed by atoms with Crippen LogP contribution in [0.1, 0.15) is 0 Å². The Balaban J connectivity index is 0.00000516. The summed E-state index contributed by atoms with van der Waals surface area (Å²) in [7, 11) is 2.19. The van der Waals surface area contributed by atoms with Crippen molar-refractivity contribution in [1.29, 1.82) is 0 Å². The first-order valence-electron chi connectivity index (χ1n) is 24.9. The van der Waals surface area contributed by atoms with Gasteiger partial charge in [0.15, 0.2) is 0 Å². The largest absolute Gasteiger partial charge is 0.510 e. The maximum absolute atomic E-state index is 6.89. The van der Waals surface area contributed by atoms with E-state index >= 15 is 0 Å². The quantitative estimate of drug-likeness (QED) is 0.112. The minimum absolute atomic E-state index is 0. The number of imidazole rings is 1. The van der Waals surface area contributed by atoms with Gasteiger partial charge in [0.1, 0.15) is 5.82 Å². The molecule has 358 valence electrons. The third-order valence-electron chi connectivity index (χ3n) is 14.6. The van der Waals surface area contributed by atoms with Crippen LogP contribution in [-0.2, 0) is 28.1 Å². The number of hydrogen-bond donors (Lipinski definition) is 0. The fraction of sp³-hybridized carbons (Fsp3) is 0.0149. The maximum Gasteiger partial charge on any atom is 0.268 e. The average Bonchev–Trinajstić information content (AvgIpc) is 4.40. The number of benzene rings is 10. The summed E-state index contributed by atoms with van der Waals surface area (Å²) >= 11 is 0. The van der Waals surface area contributed by atoms with Gasteiger partial charge < -0.3 is 23.0 Å². The fourth-order valence-electron chi connectivity index (χ4n) is 11.6. The van der Waals surface area contributed by atoms with E-state index in [1.165, 1.54) is 27.1 Å². The van der Waals surface area contributed by atoms with E-state index in [2.05, 4.69) is 255 Å². The molecule has 8 heteroatoms. The second kappa shape index (κ2) is 17.7. The monoisotopic (exact) mass is 1140 g/mol. The van der Waals surface area contributed by atoms with Crippen molar-refractivity contribution in [3.63, 3.8) is 0 Å². The van der Waals surface area contributed by atoms with Crippen molar-refractivity contribution in [2.75, 3.05) is 0 Å². The molecular formula is C67H42N6OPt-2. The van der Waals surface area contributed by atoms with E-state index in [0.29, 0.717) is 11.5 Å². The van der Waals surface area contributed by atoms with Gasteiger partial charge in [-0.15, -0.1) is 24.3 Å². The summed E-state index contributed by atoms with van der Waals surface area (Å²) in [5.74, 6) is 1.89. The van der Waals surface area contributed by atoms with Gasteiger partial charge in [-0.25, -0.2) is 4.98 Å². The van der Waals surface area contributed by atoms with E-state index in [1.54, 1.807) is 0 Å². The van der Waals surface area contributed by atoms with Crippen LogP contribution in [0.4, 0.5) is 0 Å². The van der Waals surface area contributed by atoms with Gasteiger partial charge in [-0.1, -0.05) is 175 Å². The normalized spacial score (nSPS) is 11.7. The number of pyridine rings is 1. The Hall–Kier alpha value is -9.29. The number of fused-ring (bicyclic) bond motifs is 13. The molecule has 0 aliphatic carbocycles. The van der Waals surface area contributed by atoms with Crippen molar-refractivity contribution in [3.8, 4) is 56.6 Å². The van der Waals surface area contributed by atoms with Gasteiger partial charge in [0.25, 0.3) is 6.33 Å². The molecule has 0 aliphatic rings. The predicted octanol–water partition coefficient (Wildman–Crippen LogP) is 15.7. The number of aryl methyl sites for hydroxylation is 1. The molecule has 10 aromatic carbocycles. The molecule has 0 fully saturated rings. The number of nitrogens with zero attached hydrogens (tertiary/aromatic N) is 6. The van der Waals surface area contributed by atoms with Gasteiger partial charge in [0.05, 0.1) is 33.3 Å². The molecule has 5 heterocycles. The molecule has 0 atom stereocenters. The molecule has 0 bridgehead atoms. The number of para-hydroxylation sites is 6. The van der Waals surface area contributed by atoms with E-state index in [0.717, 1.165) is 94.5 Å². The summed E-state index contributed by atoms with van der Waals surface area (Å²) in [5.41, 5.74) is 15.8. The summed E-state index contributed by atoms with van der Waals surface area (Å²) < 4.78 is 18.2. The van der Waals surface area contributed by atoms with Crippen LogP contribution in [0.25, 0.3) is 122 Å². The molecule has 15 aromatic rings. The van der Waals surface area contributed by atoms with E-state index in [-0.39, 0.29) is 21.1 Å². The van der Waals surface area contributed by atoms with E-state index in [4.69, 9.17) is 9.72 Å². The Bertz CT molecular complexity index is 4630. The van der Waals surface area contributed by atoms with Crippen LogP contribution >= 0.6 is 0 Å². The summed E-state index contributed by atoms with van der Waals surface area (Å²) in [5, 5.41) is 6.98. The SMILES string of the molecule is Cn1c2ccccc2c2c3c4ccccc4n(-c4ccccc4)c3c3c(c4ccc(Oc5[c-]c(-[n+]6[c-]n(-c7c(-c8ccccc8)cccc7-c7ccccc7)c7ccccc76)ccc5)[c-]c4n3-c3ccccn3)c21.[Pt]. The molecule has 15 rings (SSSR count). The van der Waals surface area contributed by atoms with Crippen molar-refractivity contribution in [2.24, 2.45) is 7.05 Å². The van der Waals surface area contributed by atoms with Gasteiger partial charge in [0, 0.05) is 84.1 Å². The molecule has 0 spiro atoms. The van der Waals surface area contributed by atoms with Crippen LogP contribution in [0.15, 0.2) is 237 Å². The number of rotatable bonds is 8. The third kappa shape index (κ3) is 6.85. The first-order chi connectivity index (χ1) is 36.7. The average molecular weight is 1140 g/mol. The summed E-state index contributed by atoms with van der Waals surface area (Å²) in [6.45, 7) is 0. The molecule has 0 N–H and O–H groups in total. The Morgan fingerprint density at radius 2 is 1.04 bits per heavy atom. The van der Waals surface area contributed by atoms with Crippen molar-refractivity contribution in [2.45, 2.75) is 0 Å². The molecule has 0 saturated heterocycles. The molecule has 0 saturated carbocycles. The van der Waals surface area contributed by atoms with Crippen LogP contribution in [0.3, 0.4) is 0 Å². The summed E-state index contributed by atoms with van der Waals surface area (Å²) in [6, 6.07) is 88.2. The minimum Gasteiger partial charge on any atom is -0.510 e. The fourth-order valence-corrected chi connectivity index (χ4v) is 11.6. The number of ether oxygens (including phenoxy) is 1. The topological polar surface area (TPSA) is 45.7 Å². The number of hydrogen-bond acceptors (Lipinski definition) is 2. The molecule has 5 aromatic heterocycles. The van der Waals surface area contributed by atoms with Crippen molar-refractivity contribution < 1.29 is 30.4 Å². The van der Waals surface area contributed by atoms with Gasteiger partial charge in [-0.3, -0.25) is 4.57 Å². The van der Waals surface area contributed by atoms with Gasteiger partial charge in [-0.2, -0.15) is 18.2 Å². The van der Waals surface area contributed by atoms with Gasteiger partial charge >= 0.3 is 0 Å². The van der Waals surface area contributed by atoms with Gasteiger partial charge in [0.2, 0.25) is 0 Å². The number of aromatic nitrogens is 6. The van der Waals surface area contributed by atoms with Crippen molar-refractivity contribution in [1.82, 2.24) is 23.3 Å². The van der Waals surface area contributed by atoms with Gasteiger partial charge in [-0.05, 0) is 69.7 Å².